The summed E-state index contributed by atoms with van der Waals surface area (Å²) in [6, 6.07) is 6.78. The Morgan fingerprint density at radius 2 is 2.00 bits per heavy atom. The van der Waals surface area contributed by atoms with Gasteiger partial charge in [0.25, 0.3) is 0 Å². The Morgan fingerprint density at radius 3 is 2.72 bits per heavy atom. The van der Waals surface area contributed by atoms with Crippen LogP contribution in [0.1, 0.15) is 17.5 Å². The minimum atomic E-state index is 0.729. The van der Waals surface area contributed by atoms with Gasteiger partial charge in [-0.05, 0) is 57.1 Å². The summed E-state index contributed by atoms with van der Waals surface area (Å²) in [7, 11) is 2.21. The highest BCUT2D eigenvalue weighted by atomic mass is 15.2. The van der Waals surface area contributed by atoms with Crippen LogP contribution in [0.15, 0.2) is 18.2 Å². The molecule has 0 bridgehead atoms. The Kier molecular flexibility index (Phi) is 4.61. The summed E-state index contributed by atoms with van der Waals surface area (Å²) in [4.78, 5) is 4.93. The maximum absolute atomic E-state index is 5.61. The molecular formula is C15H25N3. The lowest BCUT2D eigenvalue weighted by Gasteiger charge is -2.25. The molecule has 0 radical (unpaired) electrons. The fraction of sp³-hybridized carbons (Fsp3) is 0.600. The molecular weight excluding hydrogens is 222 g/mol. The summed E-state index contributed by atoms with van der Waals surface area (Å²) in [6.07, 6.45) is 2.23. The number of likely N-dealkylation sites (N-methyl/N-ethyl adjacent to an activating group) is 1. The lowest BCUT2D eigenvalue weighted by atomic mass is 10.1. The molecule has 1 aromatic rings. The third kappa shape index (κ3) is 3.24. The van der Waals surface area contributed by atoms with Crippen LogP contribution in [0.5, 0.6) is 0 Å². The fourth-order valence-electron chi connectivity index (χ4n) is 2.68. The van der Waals surface area contributed by atoms with Gasteiger partial charge in [0.1, 0.15) is 0 Å². The van der Waals surface area contributed by atoms with E-state index in [0.29, 0.717) is 0 Å². The highest BCUT2D eigenvalue weighted by Crippen LogP contribution is 2.22. The zero-order valence-electron chi connectivity index (χ0n) is 11.7. The van der Waals surface area contributed by atoms with Crippen molar-refractivity contribution < 1.29 is 0 Å². The van der Waals surface area contributed by atoms with E-state index in [0.717, 1.165) is 26.1 Å². The Bertz CT molecular complexity index is 389. The maximum Gasteiger partial charge on any atom is 0.0396 e. The second-order valence-electron chi connectivity index (χ2n) is 5.30. The predicted molar refractivity (Wildman–Crippen MR) is 78.3 cm³/mol. The van der Waals surface area contributed by atoms with Crippen LogP contribution in [0.3, 0.4) is 0 Å². The number of nitrogens with zero attached hydrogens (tertiary/aromatic N) is 2. The molecule has 2 N–H and O–H groups in total. The van der Waals surface area contributed by atoms with Crippen LogP contribution >= 0.6 is 0 Å². The molecule has 0 amide bonds. The van der Waals surface area contributed by atoms with Crippen molar-refractivity contribution >= 4 is 5.69 Å². The number of rotatable bonds is 3. The smallest absolute Gasteiger partial charge is 0.0396 e. The van der Waals surface area contributed by atoms with E-state index < -0.39 is 0 Å². The molecule has 0 spiro atoms. The molecule has 0 unspecified atom stereocenters. The first-order chi connectivity index (χ1) is 8.70. The van der Waals surface area contributed by atoms with E-state index in [4.69, 9.17) is 5.73 Å². The number of hydrogen-bond donors (Lipinski definition) is 1. The molecule has 1 fully saturated rings. The van der Waals surface area contributed by atoms with Gasteiger partial charge in [-0.25, -0.2) is 0 Å². The molecule has 0 saturated carbocycles. The second-order valence-corrected chi connectivity index (χ2v) is 5.30. The summed E-state index contributed by atoms with van der Waals surface area (Å²) in [6.45, 7) is 7.61. The molecule has 0 aromatic heterocycles. The summed E-state index contributed by atoms with van der Waals surface area (Å²) >= 11 is 0. The fourth-order valence-corrected chi connectivity index (χ4v) is 2.68. The largest absolute Gasteiger partial charge is 0.370 e. The van der Waals surface area contributed by atoms with Gasteiger partial charge in [0, 0.05) is 25.3 Å². The van der Waals surface area contributed by atoms with Crippen molar-refractivity contribution in [3.05, 3.63) is 29.3 Å². The third-order valence-electron chi connectivity index (χ3n) is 3.75. The normalized spacial score (nSPS) is 17.8. The third-order valence-corrected chi connectivity index (χ3v) is 3.75. The van der Waals surface area contributed by atoms with Crippen LogP contribution in [0.25, 0.3) is 0 Å². The molecule has 0 atom stereocenters. The molecule has 1 aromatic carbocycles. The van der Waals surface area contributed by atoms with Gasteiger partial charge in [0.15, 0.2) is 0 Å². The molecule has 2 rings (SSSR count). The minimum Gasteiger partial charge on any atom is -0.370 e. The van der Waals surface area contributed by atoms with Crippen molar-refractivity contribution in [1.82, 2.24) is 4.90 Å². The summed E-state index contributed by atoms with van der Waals surface area (Å²) in [5, 5.41) is 0. The Morgan fingerprint density at radius 1 is 1.17 bits per heavy atom. The van der Waals surface area contributed by atoms with Crippen LogP contribution in [0, 0.1) is 6.92 Å². The lowest BCUT2D eigenvalue weighted by Crippen LogP contribution is -2.29. The van der Waals surface area contributed by atoms with E-state index in [1.807, 2.05) is 0 Å². The molecule has 100 valence electrons. The molecule has 1 aliphatic rings. The second kappa shape index (κ2) is 6.21. The highest BCUT2D eigenvalue weighted by molar-refractivity contribution is 5.54. The average molecular weight is 247 g/mol. The van der Waals surface area contributed by atoms with Gasteiger partial charge in [-0.2, -0.15) is 0 Å². The predicted octanol–water partition coefficient (Wildman–Crippen LogP) is 1.64. The molecule has 1 aliphatic heterocycles. The van der Waals surface area contributed by atoms with Crippen molar-refractivity contribution in [1.29, 1.82) is 0 Å². The van der Waals surface area contributed by atoms with Crippen molar-refractivity contribution in [2.45, 2.75) is 19.8 Å². The first-order valence-corrected chi connectivity index (χ1v) is 6.94. The number of anilines is 1. The quantitative estimate of drug-likeness (QED) is 0.881. The molecule has 3 heteroatoms. The lowest BCUT2D eigenvalue weighted by molar-refractivity contribution is 0.360. The van der Waals surface area contributed by atoms with Crippen molar-refractivity contribution in [2.75, 3.05) is 44.7 Å². The van der Waals surface area contributed by atoms with Crippen molar-refractivity contribution in [3.8, 4) is 0 Å². The minimum absolute atomic E-state index is 0.729. The first kappa shape index (κ1) is 13.4. The zero-order chi connectivity index (χ0) is 13.0. The van der Waals surface area contributed by atoms with E-state index in [2.05, 4.69) is 42.0 Å². The number of nitrogens with two attached hydrogens (primary N) is 1. The SMILES string of the molecule is Cc1cc(CCN)ccc1N1CCCN(C)CC1. The Balaban J connectivity index is 2.12. The molecule has 0 aliphatic carbocycles. The van der Waals surface area contributed by atoms with Gasteiger partial charge in [0.05, 0.1) is 0 Å². The topological polar surface area (TPSA) is 32.5 Å². The summed E-state index contributed by atoms with van der Waals surface area (Å²) in [5.41, 5.74) is 9.74. The van der Waals surface area contributed by atoms with Crippen molar-refractivity contribution in [2.24, 2.45) is 5.73 Å². The Hall–Kier alpha value is -1.06. The van der Waals surface area contributed by atoms with Crippen LogP contribution in [-0.4, -0.2) is 44.7 Å². The van der Waals surface area contributed by atoms with Gasteiger partial charge in [-0.3, -0.25) is 0 Å². The van der Waals surface area contributed by atoms with Gasteiger partial charge in [-0.1, -0.05) is 12.1 Å². The standard InChI is InChI=1S/C15H25N3/c1-13-12-14(6-7-16)4-5-15(13)18-9-3-8-17(2)10-11-18/h4-5,12H,3,6-11,16H2,1-2H3. The highest BCUT2D eigenvalue weighted by Gasteiger charge is 2.14. The van der Waals surface area contributed by atoms with Gasteiger partial charge < -0.3 is 15.5 Å². The van der Waals surface area contributed by atoms with Crippen LogP contribution < -0.4 is 10.6 Å². The summed E-state index contributed by atoms with van der Waals surface area (Å²) in [5.74, 6) is 0. The monoisotopic (exact) mass is 247 g/mol. The van der Waals surface area contributed by atoms with Crippen LogP contribution in [0.4, 0.5) is 5.69 Å². The van der Waals surface area contributed by atoms with Crippen molar-refractivity contribution in [3.63, 3.8) is 0 Å². The van der Waals surface area contributed by atoms with E-state index in [1.165, 1.54) is 36.3 Å². The van der Waals surface area contributed by atoms with Crippen LogP contribution in [0.2, 0.25) is 0 Å². The number of aryl methyl sites for hydroxylation is 1. The number of hydrogen-bond acceptors (Lipinski definition) is 3. The zero-order valence-corrected chi connectivity index (χ0v) is 11.7. The molecule has 1 heterocycles. The van der Waals surface area contributed by atoms with Gasteiger partial charge in [-0.15, -0.1) is 0 Å². The van der Waals surface area contributed by atoms with Gasteiger partial charge >= 0.3 is 0 Å². The molecule has 3 nitrogen and oxygen atoms in total. The Labute approximate surface area is 111 Å². The van der Waals surface area contributed by atoms with Crippen LogP contribution in [-0.2, 0) is 6.42 Å². The van der Waals surface area contributed by atoms with E-state index in [1.54, 1.807) is 0 Å². The van der Waals surface area contributed by atoms with Gasteiger partial charge in [0.2, 0.25) is 0 Å². The molecule has 18 heavy (non-hydrogen) atoms. The maximum atomic E-state index is 5.61. The van der Waals surface area contributed by atoms with E-state index in [-0.39, 0.29) is 0 Å². The first-order valence-electron chi connectivity index (χ1n) is 6.94. The number of benzene rings is 1. The summed E-state index contributed by atoms with van der Waals surface area (Å²) < 4.78 is 0. The van der Waals surface area contributed by atoms with E-state index in [9.17, 15) is 0 Å². The molecule has 1 saturated heterocycles. The van der Waals surface area contributed by atoms with E-state index >= 15 is 0 Å². The average Bonchev–Trinajstić information content (AvgIpc) is 2.55.